The van der Waals surface area contributed by atoms with Crippen LogP contribution in [-0.2, 0) is 6.42 Å². The summed E-state index contributed by atoms with van der Waals surface area (Å²) in [4.78, 5) is 0. The second kappa shape index (κ2) is 7.41. The highest BCUT2D eigenvalue weighted by molar-refractivity contribution is 7.07. The SMILES string of the molecule is CCNCC(CCc1ccsc1)c1cccc(F)c1. The summed E-state index contributed by atoms with van der Waals surface area (Å²) in [6, 6.07) is 9.16. The summed E-state index contributed by atoms with van der Waals surface area (Å²) in [5, 5.41) is 7.67. The molecule has 0 aliphatic heterocycles. The lowest BCUT2D eigenvalue weighted by molar-refractivity contribution is 0.555. The molecule has 0 bridgehead atoms. The number of benzene rings is 1. The molecule has 1 heterocycles. The van der Waals surface area contributed by atoms with E-state index in [0.717, 1.165) is 31.5 Å². The van der Waals surface area contributed by atoms with Crippen molar-refractivity contribution in [3.05, 3.63) is 58.0 Å². The molecule has 3 heteroatoms. The fraction of sp³-hybridized carbons (Fsp3) is 0.375. The van der Waals surface area contributed by atoms with Crippen molar-refractivity contribution >= 4 is 11.3 Å². The first-order valence-electron chi connectivity index (χ1n) is 6.77. The summed E-state index contributed by atoms with van der Waals surface area (Å²) in [5.74, 6) is 0.227. The molecule has 1 atom stereocenters. The third kappa shape index (κ3) is 4.44. The highest BCUT2D eigenvalue weighted by atomic mass is 32.1. The molecule has 1 nitrogen and oxygen atoms in total. The van der Waals surface area contributed by atoms with Crippen LogP contribution >= 0.6 is 11.3 Å². The molecule has 0 spiro atoms. The number of thiophene rings is 1. The third-order valence-electron chi connectivity index (χ3n) is 3.32. The lowest BCUT2D eigenvalue weighted by atomic mass is 9.92. The van der Waals surface area contributed by atoms with Gasteiger partial charge in [0.25, 0.3) is 0 Å². The first kappa shape index (κ1) is 14.2. The van der Waals surface area contributed by atoms with Crippen LogP contribution in [0.2, 0.25) is 0 Å². The fourth-order valence-electron chi connectivity index (χ4n) is 2.24. The number of hydrogen-bond acceptors (Lipinski definition) is 2. The van der Waals surface area contributed by atoms with Crippen LogP contribution in [0.3, 0.4) is 0 Å². The van der Waals surface area contributed by atoms with Crippen molar-refractivity contribution in [2.75, 3.05) is 13.1 Å². The van der Waals surface area contributed by atoms with Gasteiger partial charge in [-0.2, -0.15) is 11.3 Å². The van der Waals surface area contributed by atoms with E-state index < -0.39 is 0 Å². The fourth-order valence-corrected chi connectivity index (χ4v) is 2.94. The van der Waals surface area contributed by atoms with Gasteiger partial charge in [0.05, 0.1) is 0 Å². The molecule has 0 fully saturated rings. The second-order valence-electron chi connectivity index (χ2n) is 4.73. The first-order chi connectivity index (χ1) is 9.29. The van der Waals surface area contributed by atoms with Crippen molar-refractivity contribution in [1.29, 1.82) is 0 Å². The predicted octanol–water partition coefficient (Wildman–Crippen LogP) is 4.21. The summed E-state index contributed by atoms with van der Waals surface area (Å²) in [6.07, 6.45) is 2.10. The Kier molecular flexibility index (Phi) is 5.55. The van der Waals surface area contributed by atoms with E-state index in [9.17, 15) is 4.39 Å². The number of halogens is 1. The van der Waals surface area contributed by atoms with Gasteiger partial charge in [0, 0.05) is 6.54 Å². The van der Waals surface area contributed by atoms with E-state index in [1.165, 1.54) is 11.6 Å². The quantitative estimate of drug-likeness (QED) is 0.799. The third-order valence-corrected chi connectivity index (χ3v) is 4.05. The van der Waals surface area contributed by atoms with E-state index >= 15 is 0 Å². The molecule has 0 saturated heterocycles. The van der Waals surface area contributed by atoms with Crippen LogP contribution < -0.4 is 5.32 Å². The van der Waals surface area contributed by atoms with Crippen LogP contribution in [0.15, 0.2) is 41.1 Å². The zero-order chi connectivity index (χ0) is 13.5. The lowest BCUT2D eigenvalue weighted by Crippen LogP contribution is -2.21. The highest BCUT2D eigenvalue weighted by Crippen LogP contribution is 2.22. The highest BCUT2D eigenvalue weighted by Gasteiger charge is 2.12. The minimum Gasteiger partial charge on any atom is -0.316 e. The van der Waals surface area contributed by atoms with E-state index in [1.807, 2.05) is 6.07 Å². The maximum Gasteiger partial charge on any atom is 0.123 e. The molecule has 0 radical (unpaired) electrons. The molecule has 0 aliphatic carbocycles. The molecule has 1 unspecified atom stereocenters. The van der Waals surface area contributed by atoms with E-state index in [2.05, 4.69) is 29.1 Å². The molecule has 19 heavy (non-hydrogen) atoms. The zero-order valence-corrected chi connectivity index (χ0v) is 12.0. The summed E-state index contributed by atoms with van der Waals surface area (Å²) in [7, 11) is 0. The minimum absolute atomic E-state index is 0.144. The zero-order valence-electron chi connectivity index (χ0n) is 11.2. The number of nitrogens with one attached hydrogen (secondary N) is 1. The Morgan fingerprint density at radius 2 is 2.21 bits per heavy atom. The van der Waals surface area contributed by atoms with E-state index in [4.69, 9.17) is 0 Å². The van der Waals surface area contributed by atoms with Crippen LogP contribution in [0.4, 0.5) is 4.39 Å². The molecule has 0 aliphatic rings. The van der Waals surface area contributed by atoms with E-state index in [0.29, 0.717) is 5.92 Å². The van der Waals surface area contributed by atoms with Crippen LogP contribution in [0.1, 0.15) is 30.4 Å². The summed E-state index contributed by atoms with van der Waals surface area (Å²) < 4.78 is 13.3. The monoisotopic (exact) mass is 277 g/mol. The van der Waals surface area contributed by atoms with E-state index in [1.54, 1.807) is 23.5 Å². The Bertz CT molecular complexity index is 481. The average molecular weight is 277 g/mol. The number of hydrogen-bond donors (Lipinski definition) is 1. The molecule has 0 saturated carbocycles. The van der Waals surface area contributed by atoms with Crippen LogP contribution in [0, 0.1) is 5.82 Å². The largest absolute Gasteiger partial charge is 0.316 e. The number of rotatable bonds is 7. The maximum atomic E-state index is 13.3. The molecule has 2 rings (SSSR count). The van der Waals surface area contributed by atoms with Crippen LogP contribution in [0.5, 0.6) is 0 Å². The second-order valence-corrected chi connectivity index (χ2v) is 5.51. The van der Waals surface area contributed by atoms with Gasteiger partial charge >= 0.3 is 0 Å². The molecule has 0 amide bonds. The van der Waals surface area contributed by atoms with Crippen molar-refractivity contribution in [2.24, 2.45) is 0 Å². The average Bonchev–Trinajstić information content (AvgIpc) is 2.92. The maximum absolute atomic E-state index is 13.3. The lowest BCUT2D eigenvalue weighted by Gasteiger charge is -2.17. The molecular formula is C16H20FNS. The van der Waals surface area contributed by atoms with E-state index in [-0.39, 0.29) is 5.82 Å². The first-order valence-corrected chi connectivity index (χ1v) is 7.71. The molecule has 1 aromatic carbocycles. The van der Waals surface area contributed by atoms with Gasteiger partial charge < -0.3 is 5.32 Å². The normalized spacial score (nSPS) is 12.5. The van der Waals surface area contributed by atoms with Crippen LogP contribution in [-0.4, -0.2) is 13.1 Å². The molecular weight excluding hydrogens is 257 g/mol. The van der Waals surface area contributed by atoms with Gasteiger partial charge in [0.1, 0.15) is 5.82 Å². The molecule has 1 N–H and O–H groups in total. The Morgan fingerprint density at radius 3 is 2.89 bits per heavy atom. The van der Waals surface area contributed by atoms with Gasteiger partial charge in [-0.25, -0.2) is 4.39 Å². The minimum atomic E-state index is -0.144. The van der Waals surface area contributed by atoms with Gasteiger partial charge in [-0.1, -0.05) is 19.1 Å². The number of likely N-dealkylation sites (N-methyl/N-ethyl adjacent to an activating group) is 1. The Morgan fingerprint density at radius 1 is 1.32 bits per heavy atom. The molecule has 102 valence electrons. The summed E-state index contributed by atoms with van der Waals surface area (Å²) >= 11 is 1.73. The molecule has 2 aromatic rings. The summed E-state index contributed by atoms with van der Waals surface area (Å²) in [6.45, 7) is 3.95. The van der Waals surface area contributed by atoms with Gasteiger partial charge in [-0.3, -0.25) is 0 Å². The van der Waals surface area contributed by atoms with Gasteiger partial charge in [0.2, 0.25) is 0 Å². The Balaban J connectivity index is 2.02. The van der Waals surface area contributed by atoms with Crippen molar-refractivity contribution in [3.63, 3.8) is 0 Å². The Hall–Kier alpha value is -1.19. The topological polar surface area (TPSA) is 12.0 Å². The standard InChI is InChI=1S/C16H20FNS/c1-2-18-11-15(7-6-13-8-9-19-12-13)14-4-3-5-16(17)10-14/h3-5,8-10,12,15,18H,2,6-7,11H2,1H3. The Labute approximate surface area is 118 Å². The van der Waals surface area contributed by atoms with Crippen molar-refractivity contribution in [3.8, 4) is 0 Å². The summed E-state index contributed by atoms with van der Waals surface area (Å²) in [5.41, 5.74) is 2.47. The van der Waals surface area contributed by atoms with Gasteiger partial charge in [0.15, 0.2) is 0 Å². The number of aryl methyl sites for hydroxylation is 1. The smallest absolute Gasteiger partial charge is 0.123 e. The van der Waals surface area contributed by atoms with Crippen LogP contribution in [0.25, 0.3) is 0 Å². The molecule has 1 aromatic heterocycles. The van der Waals surface area contributed by atoms with Crippen molar-refractivity contribution in [1.82, 2.24) is 5.32 Å². The van der Waals surface area contributed by atoms with Crippen molar-refractivity contribution < 1.29 is 4.39 Å². The van der Waals surface area contributed by atoms with Crippen molar-refractivity contribution in [2.45, 2.75) is 25.7 Å². The van der Waals surface area contributed by atoms with Gasteiger partial charge in [-0.05, 0) is 65.4 Å². The predicted molar refractivity (Wildman–Crippen MR) is 80.3 cm³/mol. The van der Waals surface area contributed by atoms with Gasteiger partial charge in [-0.15, -0.1) is 0 Å².